The molecule has 2 aromatic rings. The number of amides is 4. The molecular formula is C19H22N4O4. The van der Waals surface area contributed by atoms with Gasteiger partial charge in [-0.1, -0.05) is 12.1 Å². The first kappa shape index (κ1) is 18.7. The summed E-state index contributed by atoms with van der Waals surface area (Å²) in [6, 6.07) is 10.1. The quantitative estimate of drug-likeness (QED) is 0.718. The fraction of sp³-hybridized carbons (Fsp3) is 0.316. The number of hydrogen-bond donors (Lipinski definition) is 2. The third-order valence-corrected chi connectivity index (χ3v) is 4.44. The summed E-state index contributed by atoms with van der Waals surface area (Å²) in [7, 11) is 3.84. The molecule has 1 fully saturated rings. The highest BCUT2D eigenvalue weighted by Gasteiger charge is 2.28. The van der Waals surface area contributed by atoms with Crippen molar-refractivity contribution in [2.75, 3.05) is 27.2 Å². The zero-order valence-electron chi connectivity index (χ0n) is 15.3. The topological polar surface area (TPSA) is 94.9 Å². The summed E-state index contributed by atoms with van der Waals surface area (Å²) in [6.07, 6.45) is 1.61. The number of benzene rings is 1. The predicted octanol–water partition coefficient (Wildman–Crippen LogP) is 1.36. The van der Waals surface area contributed by atoms with E-state index in [9.17, 15) is 14.4 Å². The molecule has 1 aliphatic heterocycles. The van der Waals surface area contributed by atoms with E-state index in [1.165, 1.54) is 0 Å². The van der Waals surface area contributed by atoms with Crippen LogP contribution in [-0.2, 0) is 11.3 Å². The molecule has 0 spiro atoms. The molecule has 0 bridgehead atoms. The van der Waals surface area contributed by atoms with Gasteiger partial charge >= 0.3 is 6.03 Å². The van der Waals surface area contributed by atoms with E-state index in [0.717, 1.165) is 16.2 Å². The van der Waals surface area contributed by atoms with Crippen molar-refractivity contribution in [2.45, 2.75) is 12.6 Å². The third-order valence-electron chi connectivity index (χ3n) is 4.44. The summed E-state index contributed by atoms with van der Waals surface area (Å²) < 4.78 is 5.43. The minimum Gasteiger partial charge on any atom is -0.468 e. The van der Waals surface area contributed by atoms with Crippen LogP contribution in [0.25, 0.3) is 0 Å². The molecule has 27 heavy (non-hydrogen) atoms. The summed E-state index contributed by atoms with van der Waals surface area (Å²) in [4.78, 5) is 38.8. The highest BCUT2D eigenvalue weighted by Crippen LogP contribution is 2.18. The van der Waals surface area contributed by atoms with Gasteiger partial charge in [-0.15, -0.1) is 0 Å². The second-order valence-corrected chi connectivity index (χ2v) is 6.54. The van der Waals surface area contributed by atoms with E-state index < -0.39 is 6.03 Å². The minimum atomic E-state index is -0.394. The normalized spacial score (nSPS) is 15.1. The van der Waals surface area contributed by atoms with Crippen molar-refractivity contribution in [1.29, 1.82) is 0 Å². The highest BCUT2D eigenvalue weighted by molar-refractivity contribution is 6.01. The fourth-order valence-electron chi connectivity index (χ4n) is 2.87. The summed E-state index contributed by atoms with van der Waals surface area (Å²) in [5.74, 6) is 0.327. The number of nitrogens with zero attached hydrogens (tertiary/aromatic N) is 2. The van der Waals surface area contributed by atoms with Gasteiger partial charge in [-0.05, 0) is 43.9 Å². The number of urea groups is 1. The molecule has 2 N–H and O–H groups in total. The Balaban J connectivity index is 1.59. The molecule has 1 unspecified atom stereocenters. The van der Waals surface area contributed by atoms with Gasteiger partial charge in [-0.25, -0.2) is 4.79 Å². The number of carbonyl (C=O) groups excluding carboxylic acids is 3. The Morgan fingerprint density at radius 3 is 2.56 bits per heavy atom. The van der Waals surface area contributed by atoms with E-state index in [2.05, 4.69) is 10.6 Å². The van der Waals surface area contributed by atoms with Gasteiger partial charge in [0, 0.05) is 12.1 Å². The number of furan rings is 1. The number of imide groups is 1. The molecule has 142 valence electrons. The van der Waals surface area contributed by atoms with Crippen LogP contribution in [0, 0.1) is 0 Å². The Morgan fingerprint density at radius 1 is 1.26 bits per heavy atom. The van der Waals surface area contributed by atoms with Crippen molar-refractivity contribution < 1.29 is 18.8 Å². The molecule has 0 aliphatic carbocycles. The largest absolute Gasteiger partial charge is 0.468 e. The lowest BCUT2D eigenvalue weighted by molar-refractivity contribution is -0.125. The van der Waals surface area contributed by atoms with Crippen LogP contribution in [0.1, 0.15) is 27.7 Å². The standard InChI is InChI=1S/C19H22N4O4/c1-22(2)15(16-4-3-9-27-16)10-20-18(25)14-7-5-13(6-8-14)12-23-17(24)11-21-19(23)26/h3-9,15H,10-12H2,1-2H3,(H,20,25)(H,21,26). The Hall–Kier alpha value is -3.13. The maximum absolute atomic E-state index is 12.4. The highest BCUT2D eigenvalue weighted by atomic mass is 16.3. The molecule has 1 saturated heterocycles. The van der Waals surface area contributed by atoms with E-state index >= 15 is 0 Å². The van der Waals surface area contributed by atoms with Crippen LogP contribution in [0.3, 0.4) is 0 Å². The summed E-state index contributed by atoms with van der Waals surface area (Å²) in [5, 5.41) is 5.38. The minimum absolute atomic E-state index is 0.0298. The van der Waals surface area contributed by atoms with Gasteiger partial charge < -0.3 is 15.1 Å². The Morgan fingerprint density at radius 2 is 2.00 bits per heavy atom. The SMILES string of the molecule is CN(C)C(CNC(=O)c1ccc(CN2C(=O)CNC2=O)cc1)c1ccco1. The van der Waals surface area contributed by atoms with Gasteiger partial charge in [0.2, 0.25) is 5.91 Å². The van der Waals surface area contributed by atoms with Crippen molar-refractivity contribution in [1.82, 2.24) is 20.4 Å². The van der Waals surface area contributed by atoms with Crippen LogP contribution < -0.4 is 10.6 Å². The molecule has 1 aromatic heterocycles. The van der Waals surface area contributed by atoms with Crippen molar-refractivity contribution in [2.24, 2.45) is 0 Å². The molecule has 4 amide bonds. The molecule has 1 aliphatic rings. The van der Waals surface area contributed by atoms with Crippen LogP contribution in [0.5, 0.6) is 0 Å². The zero-order chi connectivity index (χ0) is 19.4. The number of hydrogen-bond acceptors (Lipinski definition) is 5. The molecule has 1 aromatic carbocycles. The van der Waals surface area contributed by atoms with E-state index in [1.54, 1.807) is 30.5 Å². The van der Waals surface area contributed by atoms with E-state index in [0.29, 0.717) is 12.1 Å². The third kappa shape index (κ3) is 4.35. The van der Waals surface area contributed by atoms with E-state index in [1.807, 2.05) is 31.1 Å². The second kappa shape index (κ2) is 8.05. The van der Waals surface area contributed by atoms with Gasteiger partial charge in [0.25, 0.3) is 5.91 Å². The second-order valence-electron chi connectivity index (χ2n) is 6.54. The maximum atomic E-state index is 12.4. The molecule has 8 nitrogen and oxygen atoms in total. The van der Waals surface area contributed by atoms with Crippen LogP contribution in [0.15, 0.2) is 47.1 Å². The number of rotatable bonds is 7. The lowest BCUT2D eigenvalue weighted by atomic mass is 10.1. The maximum Gasteiger partial charge on any atom is 0.324 e. The Kier molecular flexibility index (Phi) is 5.56. The predicted molar refractivity (Wildman–Crippen MR) is 97.9 cm³/mol. The average Bonchev–Trinajstić information content (AvgIpc) is 3.28. The van der Waals surface area contributed by atoms with E-state index in [-0.39, 0.29) is 30.9 Å². The van der Waals surface area contributed by atoms with Crippen molar-refractivity contribution >= 4 is 17.8 Å². The van der Waals surface area contributed by atoms with Crippen LogP contribution >= 0.6 is 0 Å². The number of nitrogens with one attached hydrogen (secondary N) is 2. The van der Waals surface area contributed by atoms with Crippen LogP contribution in [0.4, 0.5) is 4.79 Å². The van der Waals surface area contributed by atoms with Gasteiger partial charge in [-0.2, -0.15) is 0 Å². The zero-order valence-corrected chi connectivity index (χ0v) is 15.3. The van der Waals surface area contributed by atoms with Crippen molar-refractivity contribution in [3.63, 3.8) is 0 Å². The fourth-order valence-corrected chi connectivity index (χ4v) is 2.87. The van der Waals surface area contributed by atoms with Crippen molar-refractivity contribution in [3.8, 4) is 0 Å². The molecular weight excluding hydrogens is 348 g/mol. The van der Waals surface area contributed by atoms with Crippen LogP contribution in [0.2, 0.25) is 0 Å². The number of likely N-dealkylation sites (N-methyl/N-ethyl adjacent to an activating group) is 1. The van der Waals surface area contributed by atoms with Crippen LogP contribution in [-0.4, -0.2) is 54.8 Å². The van der Waals surface area contributed by atoms with Gasteiger partial charge in [-0.3, -0.25) is 19.4 Å². The first-order chi connectivity index (χ1) is 13.0. The van der Waals surface area contributed by atoms with Gasteiger partial charge in [0.15, 0.2) is 0 Å². The molecule has 8 heteroatoms. The van der Waals surface area contributed by atoms with E-state index in [4.69, 9.17) is 4.42 Å². The molecule has 0 radical (unpaired) electrons. The molecule has 0 saturated carbocycles. The first-order valence-electron chi connectivity index (χ1n) is 8.61. The number of carbonyl (C=O) groups is 3. The van der Waals surface area contributed by atoms with Gasteiger partial charge in [0.1, 0.15) is 5.76 Å². The molecule has 3 rings (SSSR count). The van der Waals surface area contributed by atoms with Crippen molar-refractivity contribution in [3.05, 3.63) is 59.5 Å². The van der Waals surface area contributed by atoms with Gasteiger partial charge in [0.05, 0.1) is 25.4 Å². The average molecular weight is 370 g/mol. The monoisotopic (exact) mass is 370 g/mol. The summed E-state index contributed by atoms with van der Waals surface area (Å²) in [6.45, 7) is 0.624. The lowest BCUT2D eigenvalue weighted by Crippen LogP contribution is -2.34. The first-order valence-corrected chi connectivity index (χ1v) is 8.61. The summed E-state index contributed by atoms with van der Waals surface area (Å²) >= 11 is 0. The Bertz CT molecular complexity index is 799. The molecule has 1 atom stereocenters. The molecule has 2 heterocycles. The lowest BCUT2D eigenvalue weighted by Gasteiger charge is -2.22. The summed E-state index contributed by atoms with van der Waals surface area (Å²) in [5.41, 5.74) is 1.28. The smallest absolute Gasteiger partial charge is 0.324 e. The Labute approximate surface area is 157 Å².